The van der Waals surface area contributed by atoms with Crippen LogP contribution >= 0.6 is 0 Å². The lowest BCUT2D eigenvalue weighted by atomic mass is 9.95. The van der Waals surface area contributed by atoms with Gasteiger partial charge in [-0.25, -0.2) is 0 Å². The predicted molar refractivity (Wildman–Crippen MR) is 128 cm³/mol. The second-order valence-corrected chi connectivity index (χ2v) is 8.88. The first-order valence-corrected chi connectivity index (χ1v) is 11.0. The number of anilines is 1. The maximum absolute atomic E-state index is 12.7. The standard InChI is InChI=1S/C26H37N3O2/c1-8-21-9-11-22(12-10-21)25(17(2)3)27-23(30)15-29(7)16-24(31)28-26-19(5)13-18(4)14-20(26)6/h9-14,17,25H,8,15-16H2,1-7H3,(H,27,30)(H,28,31)/t25-/m0/s1. The Balaban J connectivity index is 1.93. The topological polar surface area (TPSA) is 61.4 Å². The van der Waals surface area contributed by atoms with Gasteiger partial charge in [-0.3, -0.25) is 14.5 Å². The molecule has 2 aromatic rings. The van der Waals surface area contributed by atoms with Crippen molar-refractivity contribution in [2.75, 3.05) is 25.5 Å². The van der Waals surface area contributed by atoms with Gasteiger partial charge in [-0.15, -0.1) is 0 Å². The van der Waals surface area contributed by atoms with Gasteiger partial charge in [0.2, 0.25) is 11.8 Å². The maximum Gasteiger partial charge on any atom is 0.238 e. The van der Waals surface area contributed by atoms with Gasteiger partial charge in [0, 0.05) is 5.69 Å². The molecule has 0 aromatic heterocycles. The number of hydrogen-bond acceptors (Lipinski definition) is 3. The van der Waals surface area contributed by atoms with Gasteiger partial charge in [0.05, 0.1) is 19.1 Å². The Bertz CT molecular complexity index is 880. The van der Waals surface area contributed by atoms with Crippen molar-refractivity contribution in [3.8, 4) is 0 Å². The van der Waals surface area contributed by atoms with E-state index in [-0.39, 0.29) is 36.9 Å². The molecule has 0 saturated heterocycles. The Morgan fingerprint density at radius 3 is 2.00 bits per heavy atom. The van der Waals surface area contributed by atoms with Crippen molar-refractivity contribution in [2.45, 2.75) is 54.0 Å². The van der Waals surface area contributed by atoms with Gasteiger partial charge in [0.25, 0.3) is 0 Å². The van der Waals surface area contributed by atoms with E-state index < -0.39 is 0 Å². The zero-order chi connectivity index (χ0) is 23.1. The van der Waals surface area contributed by atoms with Crippen molar-refractivity contribution < 1.29 is 9.59 Å². The van der Waals surface area contributed by atoms with Crippen molar-refractivity contribution in [3.63, 3.8) is 0 Å². The average Bonchev–Trinajstić information content (AvgIpc) is 2.68. The van der Waals surface area contributed by atoms with Crippen LogP contribution in [0.4, 0.5) is 5.69 Å². The summed E-state index contributed by atoms with van der Waals surface area (Å²) in [5.74, 6) is 0.0506. The predicted octanol–water partition coefficient (Wildman–Crippen LogP) is 4.56. The Hall–Kier alpha value is -2.66. The van der Waals surface area contributed by atoms with E-state index in [9.17, 15) is 9.59 Å². The number of amides is 2. The van der Waals surface area contributed by atoms with Crippen LogP contribution in [0, 0.1) is 26.7 Å². The first kappa shape index (κ1) is 24.6. The molecule has 0 aliphatic rings. The molecule has 2 amide bonds. The molecule has 0 aliphatic heterocycles. The lowest BCUT2D eigenvalue weighted by molar-refractivity contribution is -0.123. The first-order chi connectivity index (χ1) is 14.6. The summed E-state index contributed by atoms with van der Waals surface area (Å²) in [4.78, 5) is 26.9. The molecule has 31 heavy (non-hydrogen) atoms. The van der Waals surface area contributed by atoms with E-state index in [4.69, 9.17) is 0 Å². The van der Waals surface area contributed by atoms with Crippen LogP contribution in [0.1, 0.15) is 54.6 Å². The minimum absolute atomic E-state index is 0.0570. The normalized spacial score (nSPS) is 12.2. The summed E-state index contributed by atoms with van der Waals surface area (Å²) in [7, 11) is 1.79. The molecule has 0 bridgehead atoms. The molecule has 2 rings (SSSR count). The van der Waals surface area contributed by atoms with Crippen LogP contribution in [0.3, 0.4) is 0 Å². The molecule has 0 radical (unpaired) electrons. The van der Waals surface area contributed by atoms with Crippen molar-refractivity contribution in [1.82, 2.24) is 10.2 Å². The van der Waals surface area contributed by atoms with Gasteiger partial charge in [-0.2, -0.15) is 0 Å². The number of nitrogens with zero attached hydrogens (tertiary/aromatic N) is 1. The fourth-order valence-electron chi connectivity index (χ4n) is 3.92. The van der Waals surface area contributed by atoms with Crippen LogP contribution in [0.15, 0.2) is 36.4 Å². The highest BCUT2D eigenvalue weighted by Crippen LogP contribution is 2.23. The van der Waals surface area contributed by atoms with Crippen LogP contribution in [0.5, 0.6) is 0 Å². The first-order valence-electron chi connectivity index (χ1n) is 11.0. The van der Waals surface area contributed by atoms with E-state index in [0.29, 0.717) is 0 Å². The quantitative estimate of drug-likeness (QED) is 0.622. The largest absolute Gasteiger partial charge is 0.348 e. The highest BCUT2D eigenvalue weighted by molar-refractivity contribution is 5.94. The van der Waals surface area contributed by atoms with E-state index in [0.717, 1.165) is 28.8 Å². The summed E-state index contributed by atoms with van der Waals surface area (Å²) in [5.41, 5.74) is 6.49. The number of aryl methyl sites for hydroxylation is 4. The lowest BCUT2D eigenvalue weighted by Crippen LogP contribution is -2.41. The number of benzene rings is 2. The fraction of sp³-hybridized carbons (Fsp3) is 0.462. The summed E-state index contributed by atoms with van der Waals surface area (Å²) in [6.07, 6.45) is 0.994. The van der Waals surface area contributed by atoms with Gasteiger partial charge < -0.3 is 10.6 Å². The van der Waals surface area contributed by atoms with Gasteiger partial charge in [0.15, 0.2) is 0 Å². The number of likely N-dealkylation sites (N-methyl/N-ethyl adjacent to an activating group) is 1. The zero-order valence-corrected chi connectivity index (χ0v) is 20.0. The molecule has 0 fully saturated rings. The highest BCUT2D eigenvalue weighted by Gasteiger charge is 2.20. The third-order valence-electron chi connectivity index (χ3n) is 5.50. The molecule has 2 aromatic carbocycles. The highest BCUT2D eigenvalue weighted by atomic mass is 16.2. The molecule has 168 valence electrons. The summed E-state index contributed by atoms with van der Waals surface area (Å²) in [5, 5.41) is 6.13. The number of rotatable bonds is 9. The van der Waals surface area contributed by atoms with Crippen molar-refractivity contribution in [2.24, 2.45) is 5.92 Å². The number of carbonyl (C=O) groups is 2. The summed E-state index contributed by atoms with van der Waals surface area (Å²) in [6.45, 7) is 12.7. The molecule has 5 heteroatoms. The third-order valence-corrected chi connectivity index (χ3v) is 5.50. The van der Waals surface area contributed by atoms with E-state index in [1.165, 1.54) is 11.1 Å². The molecular formula is C26H37N3O2. The van der Waals surface area contributed by atoms with Gasteiger partial charge >= 0.3 is 0 Å². The SMILES string of the molecule is CCc1ccc([C@@H](NC(=O)CN(C)CC(=O)Nc2c(C)cc(C)cc2C)C(C)C)cc1. The third kappa shape index (κ3) is 7.21. The lowest BCUT2D eigenvalue weighted by Gasteiger charge is -2.25. The smallest absolute Gasteiger partial charge is 0.238 e. The zero-order valence-electron chi connectivity index (χ0n) is 20.0. The molecular weight excluding hydrogens is 386 g/mol. The minimum Gasteiger partial charge on any atom is -0.348 e. The molecule has 0 saturated carbocycles. The second kappa shape index (κ2) is 11.1. The van der Waals surface area contributed by atoms with Crippen LogP contribution in [-0.2, 0) is 16.0 Å². The number of nitrogens with one attached hydrogen (secondary N) is 2. The van der Waals surface area contributed by atoms with Crippen LogP contribution in [0.2, 0.25) is 0 Å². The molecule has 2 N–H and O–H groups in total. The van der Waals surface area contributed by atoms with Gasteiger partial charge in [-0.05, 0) is 62.4 Å². The van der Waals surface area contributed by atoms with Crippen LogP contribution < -0.4 is 10.6 Å². The monoisotopic (exact) mass is 423 g/mol. The van der Waals surface area contributed by atoms with E-state index in [2.05, 4.69) is 67.8 Å². The van der Waals surface area contributed by atoms with E-state index >= 15 is 0 Å². The van der Waals surface area contributed by atoms with Crippen molar-refractivity contribution in [1.29, 1.82) is 0 Å². The molecule has 0 unspecified atom stereocenters. The summed E-state index contributed by atoms with van der Waals surface area (Å²) < 4.78 is 0. The number of carbonyl (C=O) groups excluding carboxylic acids is 2. The Morgan fingerprint density at radius 2 is 1.48 bits per heavy atom. The maximum atomic E-state index is 12.7. The minimum atomic E-state index is -0.124. The Labute approximate surface area is 187 Å². The molecule has 0 spiro atoms. The molecule has 1 atom stereocenters. The van der Waals surface area contributed by atoms with Gasteiger partial charge in [0.1, 0.15) is 0 Å². The summed E-state index contributed by atoms with van der Waals surface area (Å²) >= 11 is 0. The van der Waals surface area contributed by atoms with E-state index in [1.807, 2.05) is 20.8 Å². The molecule has 5 nitrogen and oxygen atoms in total. The second-order valence-electron chi connectivity index (χ2n) is 8.88. The fourth-order valence-corrected chi connectivity index (χ4v) is 3.92. The van der Waals surface area contributed by atoms with Crippen molar-refractivity contribution in [3.05, 3.63) is 64.2 Å². The van der Waals surface area contributed by atoms with E-state index in [1.54, 1.807) is 11.9 Å². The summed E-state index contributed by atoms with van der Waals surface area (Å²) in [6, 6.07) is 12.5. The average molecular weight is 424 g/mol. The Kier molecular flexibility index (Phi) is 8.81. The number of hydrogen-bond donors (Lipinski definition) is 2. The molecule has 0 heterocycles. The van der Waals surface area contributed by atoms with Crippen molar-refractivity contribution >= 4 is 17.5 Å². The van der Waals surface area contributed by atoms with Crippen LogP contribution in [0.25, 0.3) is 0 Å². The van der Waals surface area contributed by atoms with Crippen LogP contribution in [-0.4, -0.2) is 36.9 Å². The molecule has 0 aliphatic carbocycles. The Morgan fingerprint density at radius 1 is 0.935 bits per heavy atom. The van der Waals surface area contributed by atoms with Gasteiger partial charge in [-0.1, -0.05) is 62.7 Å².